The zero-order chi connectivity index (χ0) is 20.2. The molecule has 4 atom stereocenters. The van der Waals surface area contributed by atoms with Crippen LogP contribution >= 0.6 is 11.6 Å². The molecular weight excluding hydrogens is 401 g/mol. The van der Waals surface area contributed by atoms with Crippen molar-refractivity contribution in [3.05, 3.63) is 33.4 Å². The quantitative estimate of drug-likeness (QED) is 0.684. The van der Waals surface area contributed by atoms with Gasteiger partial charge in [-0.3, -0.25) is 0 Å². The molecule has 28 heavy (non-hydrogen) atoms. The van der Waals surface area contributed by atoms with Gasteiger partial charge in [-0.15, -0.1) is 0 Å². The summed E-state index contributed by atoms with van der Waals surface area (Å²) >= 11 is 6.21. The van der Waals surface area contributed by atoms with E-state index in [0.717, 1.165) is 6.08 Å². The van der Waals surface area contributed by atoms with E-state index in [1.165, 1.54) is 6.07 Å². The summed E-state index contributed by atoms with van der Waals surface area (Å²) in [5.74, 6) is -1.07. The van der Waals surface area contributed by atoms with Crippen LogP contribution in [0.25, 0.3) is 6.08 Å². The summed E-state index contributed by atoms with van der Waals surface area (Å²) in [5.41, 5.74) is 0.835. The molecular formula is C19H18ClF3O5. The molecule has 0 spiro atoms. The third kappa shape index (κ3) is 3.27. The predicted molar refractivity (Wildman–Crippen MR) is 93.4 cm³/mol. The van der Waals surface area contributed by atoms with E-state index < -0.39 is 36.0 Å². The van der Waals surface area contributed by atoms with Gasteiger partial charge in [0, 0.05) is 17.2 Å². The van der Waals surface area contributed by atoms with Crippen molar-refractivity contribution < 1.29 is 36.9 Å². The lowest BCUT2D eigenvalue weighted by molar-refractivity contribution is -0.189. The van der Waals surface area contributed by atoms with E-state index in [1.54, 1.807) is 13.8 Å². The highest BCUT2D eigenvalue weighted by Gasteiger charge is 2.51. The molecule has 9 heteroatoms. The maximum atomic E-state index is 13.6. The lowest BCUT2D eigenvalue weighted by Gasteiger charge is -2.30. The van der Waals surface area contributed by atoms with E-state index in [9.17, 15) is 18.0 Å². The number of carbonyl (C=O) groups excluding carboxylic acids is 1. The average Bonchev–Trinajstić information content (AvgIpc) is 3.23. The van der Waals surface area contributed by atoms with Crippen molar-refractivity contribution in [3.8, 4) is 5.75 Å². The number of rotatable bonds is 2. The van der Waals surface area contributed by atoms with Crippen LogP contribution in [0.3, 0.4) is 0 Å². The summed E-state index contributed by atoms with van der Waals surface area (Å²) in [4.78, 5) is 12.7. The van der Waals surface area contributed by atoms with Gasteiger partial charge in [0.15, 0.2) is 6.10 Å². The normalized spacial score (nSPS) is 29.0. The first-order valence-electron chi connectivity index (χ1n) is 8.85. The molecule has 4 unspecified atom stereocenters. The standard InChI is InChI=1S/C19H18ClF3O5/c1-8-5-13-10(9(2)15(8)20)6-11(17(27-13)19(21,22)23)18(24)28-14-7-26-12-3-4-25-16(12)14/h5-6,12,14,16-17H,3-4,7H2,1-2H3. The number of benzene rings is 1. The lowest BCUT2D eigenvalue weighted by Crippen LogP contribution is -2.42. The minimum absolute atomic E-state index is 0.0293. The topological polar surface area (TPSA) is 54.0 Å². The van der Waals surface area contributed by atoms with Gasteiger partial charge in [0.05, 0.1) is 18.3 Å². The highest BCUT2D eigenvalue weighted by atomic mass is 35.5. The number of fused-ring (bicyclic) bond motifs is 2. The number of carbonyl (C=O) groups is 1. The average molecular weight is 419 g/mol. The van der Waals surface area contributed by atoms with Crippen LogP contribution in [0.4, 0.5) is 13.2 Å². The van der Waals surface area contributed by atoms with Crippen LogP contribution in [0.5, 0.6) is 5.75 Å². The van der Waals surface area contributed by atoms with E-state index in [2.05, 4.69) is 0 Å². The van der Waals surface area contributed by atoms with Crippen LogP contribution in [0.15, 0.2) is 11.6 Å². The zero-order valence-corrected chi connectivity index (χ0v) is 15.9. The van der Waals surface area contributed by atoms with Gasteiger partial charge in [0.25, 0.3) is 0 Å². The number of halogens is 4. The lowest BCUT2D eigenvalue weighted by atomic mass is 9.96. The summed E-state index contributed by atoms with van der Waals surface area (Å²) in [6.45, 7) is 3.89. The Labute approximate surface area is 164 Å². The predicted octanol–water partition coefficient (Wildman–Crippen LogP) is 3.76. The van der Waals surface area contributed by atoms with Crippen molar-refractivity contribution in [3.63, 3.8) is 0 Å². The van der Waals surface area contributed by atoms with Crippen LogP contribution in [-0.2, 0) is 19.0 Å². The molecule has 2 fully saturated rings. The van der Waals surface area contributed by atoms with Crippen LogP contribution < -0.4 is 4.74 Å². The molecule has 0 saturated carbocycles. The van der Waals surface area contributed by atoms with Gasteiger partial charge in [0.2, 0.25) is 6.10 Å². The molecule has 1 aromatic rings. The largest absolute Gasteiger partial charge is 0.475 e. The Bertz CT molecular complexity index is 851. The molecule has 0 aromatic heterocycles. The first-order valence-corrected chi connectivity index (χ1v) is 9.23. The van der Waals surface area contributed by atoms with Crippen molar-refractivity contribution in [2.24, 2.45) is 0 Å². The molecule has 3 aliphatic rings. The van der Waals surface area contributed by atoms with Crippen LogP contribution in [0.1, 0.15) is 23.1 Å². The number of ether oxygens (including phenoxy) is 4. The molecule has 5 nitrogen and oxygen atoms in total. The summed E-state index contributed by atoms with van der Waals surface area (Å²) < 4.78 is 62.3. The van der Waals surface area contributed by atoms with Crippen LogP contribution in [-0.4, -0.2) is 49.8 Å². The van der Waals surface area contributed by atoms with E-state index in [0.29, 0.717) is 34.7 Å². The van der Waals surface area contributed by atoms with E-state index in [4.69, 9.17) is 30.5 Å². The molecule has 0 amide bonds. The highest BCUT2D eigenvalue weighted by molar-refractivity contribution is 6.32. The molecule has 0 aliphatic carbocycles. The van der Waals surface area contributed by atoms with Crippen molar-refractivity contribution in [2.75, 3.05) is 13.2 Å². The highest BCUT2D eigenvalue weighted by Crippen LogP contribution is 2.42. The number of hydrogen-bond acceptors (Lipinski definition) is 5. The number of esters is 1. The molecule has 1 aromatic carbocycles. The Kier molecular flexibility index (Phi) is 4.84. The molecule has 2 saturated heterocycles. The summed E-state index contributed by atoms with van der Waals surface area (Å²) in [6, 6.07) is 1.43. The Balaban J connectivity index is 1.67. The van der Waals surface area contributed by atoms with Crippen molar-refractivity contribution >= 4 is 23.6 Å². The van der Waals surface area contributed by atoms with Gasteiger partial charge < -0.3 is 18.9 Å². The zero-order valence-electron chi connectivity index (χ0n) is 15.1. The Morgan fingerprint density at radius 3 is 2.75 bits per heavy atom. The van der Waals surface area contributed by atoms with Gasteiger partial charge >= 0.3 is 12.1 Å². The fourth-order valence-corrected chi connectivity index (χ4v) is 3.94. The Morgan fingerprint density at radius 2 is 2.04 bits per heavy atom. The number of alkyl halides is 3. The summed E-state index contributed by atoms with van der Waals surface area (Å²) in [6.07, 6.45) is -6.79. The van der Waals surface area contributed by atoms with Gasteiger partial charge in [-0.2, -0.15) is 13.2 Å². The number of aryl methyl sites for hydroxylation is 1. The van der Waals surface area contributed by atoms with Crippen molar-refractivity contribution in [2.45, 2.75) is 50.9 Å². The molecule has 0 radical (unpaired) electrons. The monoisotopic (exact) mass is 418 g/mol. The smallest absolute Gasteiger partial charge is 0.430 e. The van der Waals surface area contributed by atoms with Crippen LogP contribution in [0, 0.1) is 13.8 Å². The van der Waals surface area contributed by atoms with E-state index in [-0.39, 0.29) is 18.5 Å². The van der Waals surface area contributed by atoms with Crippen LogP contribution in [0.2, 0.25) is 5.02 Å². The fraction of sp³-hybridized carbons (Fsp3) is 0.526. The van der Waals surface area contributed by atoms with Gasteiger partial charge in [-0.25, -0.2) is 4.79 Å². The molecule has 0 N–H and O–H groups in total. The second-order valence-electron chi connectivity index (χ2n) is 7.12. The van der Waals surface area contributed by atoms with Gasteiger partial charge in [-0.1, -0.05) is 11.6 Å². The van der Waals surface area contributed by atoms with E-state index in [1.807, 2.05) is 0 Å². The van der Waals surface area contributed by atoms with Gasteiger partial charge in [-0.05, 0) is 43.5 Å². The maximum Gasteiger partial charge on any atom is 0.430 e. The maximum absolute atomic E-state index is 13.6. The third-order valence-corrected chi connectivity index (χ3v) is 5.81. The molecule has 3 heterocycles. The summed E-state index contributed by atoms with van der Waals surface area (Å²) in [5, 5.41) is 0.406. The third-order valence-electron chi connectivity index (χ3n) is 5.23. The van der Waals surface area contributed by atoms with Crippen molar-refractivity contribution in [1.82, 2.24) is 0 Å². The Hall–Kier alpha value is -1.77. The molecule has 152 valence electrons. The molecule has 4 rings (SSSR count). The Morgan fingerprint density at radius 1 is 1.29 bits per heavy atom. The fourth-order valence-electron chi connectivity index (χ4n) is 3.78. The molecule has 3 aliphatic heterocycles. The first kappa shape index (κ1) is 19.5. The SMILES string of the molecule is Cc1cc2c(c(C)c1Cl)C=C(C(=O)OC1COC3CCOC31)C(C(F)(F)F)O2. The number of hydrogen-bond donors (Lipinski definition) is 0. The van der Waals surface area contributed by atoms with Crippen molar-refractivity contribution in [1.29, 1.82) is 0 Å². The second-order valence-corrected chi connectivity index (χ2v) is 7.50. The van der Waals surface area contributed by atoms with Gasteiger partial charge in [0.1, 0.15) is 11.9 Å². The minimum atomic E-state index is -4.79. The van der Waals surface area contributed by atoms with E-state index >= 15 is 0 Å². The second kappa shape index (κ2) is 6.93. The molecule has 0 bridgehead atoms. The summed E-state index contributed by atoms with van der Waals surface area (Å²) in [7, 11) is 0. The minimum Gasteiger partial charge on any atom is -0.475 e. The first-order chi connectivity index (χ1) is 13.2.